The number of hydrogen-bond acceptors (Lipinski definition) is 3. The van der Waals surface area contributed by atoms with Crippen molar-refractivity contribution in [2.24, 2.45) is 0 Å². The predicted octanol–water partition coefficient (Wildman–Crippen LogP) is 1.79. The molecule has 1 saturated heterocycles. The standard InChI is InChI=1S/C17H22N2O3/c1-18(13-17(21)19-10-3-4-11-19)16(20)9-8-14-6-5-7-15(12-14)22-2/h5-9,12H,3-4,10-11,13H2,1-2H3/b9-8+. The second kappa shape index (κ2) is 7.64. The van der Waals surface area contributed by atoms with Crippen LogP contribution in [0.2, 0.25) is 0 Å². The van der Waals surface area contributed by atoms with Gasteiger partial charge in [0.2, 0.25) is 11.8 Å². The van der Waals surface area contributed by atoms with Crippen molar-refractivity contribution in [1.29, 1.82) is 0 Å². The molecule has 0 aromatic heterocycles. The molecule has 22 heavy (non-hydrogen) atoms. The normalized spacial score (nSPS) is 14.4. The van der Waals surface area contributed by atoms with Crippen LogP contribution in [-0.2, 0) is 9.59 Å². The molecular weight excluding hydrogens is 280 g/mol. The van der Waals surface area contributed by atoms with Crippen LogP contribution in [0.5, 0.6) is 5.75 Å². The largest absolute Gasteiger partial charge is 0.497 e. The van der Waals surface area contributed by atoms with Crippen molar-refractivity contribution in [3.05, 3.63) is 35.9 Å². The van der Waals surface area contributed by atoms with Crippen molar-refractivity contribution in [3.63, 3.8) is 0 Å². The molecule has 1 heterocycles. The average molecular weight is 302 g/mol. The summed E-state index contributed by atoms with van der Waals surface area (Å²) in [6, 6.07) is 7.45. The minimum atomic E-state index is -0.185. The molecule has 2 amide bonds. The molecule has 1 aromatic rings. The minimum Gasteiger partial charge on any atom is -0.497 e. The zero-order valence-corrected chi connectivity index (χ0v) is 13.1. The molecule has 0 saturated carbocycles. The van der Waals surface area contributed by atoms with Crippen LogP contribution in [0.1, 0.15) is 18.4 Å². The van der Waals surface area contributed by atoms with Crippen molar-refractivity contribution >= 4 is 17.9 Å². The van der Waals surface area contributed by atoms with E-state index in [1.54, 1.807) is 20.2 Å². The van der Waals surface area contributed by atoms with Crippen LogP contribution in [0, 0.1) is 0 Å². The SMILES string of the molecule is COc1cccc(/C=C/C(=O)N(C)CC(=O)N2CCCC2)c1. The molecule has 2 rings (SSSR count). The lowest BCUT2D eigenvalue weighted by molar-refractivity contribution is -0.136. The predicted molar refractivity (Wildman–Crippen MR) is 85.5 cm³/mol. The van der Waals surface area contributed by atoms with Crippen LogP contribution in [-0.4, -0.2) is 55.4 Å². The van der Waals surface area contributed by atoms with E-state index in [0.717, 1.165) is 37.2 Å². The number of nitrogens with zero attached hydrogens (tertiary/aromatic N) is 2. The highest BCUT2D eigenvalue weighted by Gasteiger charge is 2.20. The number of methoxy groups -OCH3 is 1. The van der Waals surface area contributed by atoms with Gasteiger partial charge >= 0.3 is 0 Å². The van der Waals surface area contributed by atoms with Gasteiger partial charge in [-0.25, -0.2) is 0 Å². The number of benzene rings is 1. The number of hydrogen-bond donors (Lipinski definition) is 0. The summed E-state index contributed by atoms with van der Waals surface area (Å²) in [4.78, 5) is 27.3. The van der Waals surface area contributed by atoms with E-state index in [1.807, 2.05) is 29.2 Å². The molecule has 1 aliphatic heterocycles. The second-order valence-electron chi connectivity index (χ2n) is 5.39. The molecule has 5 heteroatoms. The summed E-state index contributed by atoms with van der Waals surface area (Å²) in [6.45, 7) is 1.74. The van der Waals surface area contributed by atoms with Crippen molar-refractivity contribution in [2.45, 2.75) is 12.8 Å². The molecule has 1 fully saturated rings. The van der Waals surface area contributed by atoms with E-state index in [-0.39, 0.29) is 18.4 Å². The van der Waals surface area contributed by atoms with Crippen molar-refractivity contribution in [3.8, 4) is 5.75 Å². The molecule has 0 N–H and O–H groups in total. The molecule has 0 spiro atoms. The Hall–Kier alpha value is -2.30. The third-order valence-electron chi connectivity index (χ3n) is 3.72. The van der Waals surface area contributed by atoms with Crippen LogP contribution in [0.4, 0.5) is 0 Å². The third-order valence-corrected chi connectivity index (χ3v) is 3.72. The number of likely N-dealkylation sites (tertiary alicyclic amines) is 1. The van der Waals surface area contributed by atoms with Gasteiger partial charge in [-0.05, 0) is 36.6 Å². The number of amides is 2. The molecule has 5 nitrogen and oxygen atoms in total. The van der Waals surface area contributed by atoms with E-state index in [0.29, 0.717) is 0 Å². The quantitative estimate of drug-likeness (QED) is 0.779. The summed E-state index contributed by atoms with van der Waals surface area (Å²) in [6.07, 6.45) is 5.31. The van der Waals surface area contributed by atoms with Gasteiger partial charge in [-0.1, -0.05) is 12.1 Å². The molecule has 0 atom stereocenters. The highest BCUT2D eigenvalue weighted by Crippen LogP contribution is 2.13. The molecule has 1 aliphatic rings. The Morgan fingerprint density at radius 3 is 2.73 bits per heavy atom. The van der Waals surface area contributed by atoms with Crippen LogP contribution >= 0.6 is 0 Å². The van der Waals surface area contributed by atoms with Gasteiger partial charge in [-0.15, -0.1) is 0 Å². The molecule has 0 bridgehead atoms. The highest BCUT2D eigenvalue weighted by molar-refractivity contribution is 5.94. The van der Waals surface area contributed by atoms with Gasteiger partial charge in [0.05, 0.1) is 13.7 Å². The summed E-state index contributed by atoms with van der Waals surface area (Å²) in [5, 5.41) is 0. The fourth-order valence-electron chi connectivity index (χ4n) is 2.39. The molecule has 1 aromatic carbocycles. The average Bonchev–Trinajstić information content (AvgIpc) is 3.07. The topological polar surface area (TPSA) is 49.9 Å². The molecule has 0 unspecified atom stereocenters. The lowest BCUT2D eigenvalue weighted by atomic mass is 10.2. The lowest BCUT2D eigenvalue weighted by Gasteiger charge is -2.20. The zero-order valence-electron chi connectivity index (χ0n) is 13.1. The molecular formula is C17H22N2O3. The summed E-state index contributed by atoms with van der Waals surface area (Å²) >= 11 is 0. The Balaban J connectivity index is 1.89. The van der Waals surface area contributed by atoms with Crippen molar-refractivity contribution in [2.75, 3.05) is 33.8 Å². The van der Waals surface area contributed by atoms with E-state index in [1.165, 1.54) is 11.0 Å². The third kappa shape index (κ3) is 4.35. The van der Waals surface area contributed by atoms with Gasteiger partial charge in [0.15, 0.2) is 0 Å². The first-order chi connectivity index (χ1) is 10.6. The fraction of sp³-hybridized carbons (Fsp3) is 0.412. The molecule has 0 radical (unpaired) electrons. The monoisotopic (exact) mass is 302 g/mol. The summed E-state index contributed by atoms with van der Waals surface area (Å²) < 4.78 is 5.14. The van der Waals surface area contributed by atoms with E-state index in [2.05, 4.69) is 0 Å². The van der Waals surface area contributed by atoms with Crippen molar-refractivity contribution < 1.29 is 14.3 Å². The lowest BCUT2D eigenvalue weighted by Crippen LogP contribution is -2.39. The maximum absolute atomic E-state index is 12.1. The van der Waals surface area contributed by atoms with Crippen LogP contribution in [0.3, 0.4) is 0 Å². The maximum Gasteiger partial charge on any atom is 0.246 e. The molecule has 0 aliphatic carbocycles. The van der Waals surface area contributed by atoms with Crippen LogP contribution in [0.25, 0.3) is 6.08 Å². The van der Waals surface area contributed by atoms with Crippen LogP contribution < -0.4 is 4.74 Å². The molecule has 118 valence electrons. The van der Waals surface area contributed by atoms with Gasteiger partial charge in [0.1, 0.15) is 5.75 Å². The van der Waals surface area contributed by atoms with Gasteiger partial charge in [-0.2, -0.15) is 0 Å². The van der Waals surface area contributed by atoms with E-state index in [9.17, 15) is 9.59 Å². The smallest absolute Gasteiger partial charge is 0.246 e. The maximum atomic E-state index is 12.1. The van der Waals surface area contributed by atoms with E-state index < -0.39 is 0 Å². The van der Waals surface area contributed by atoms with Gasteiger partial charge in [-0.3, -0.25) is 9.59 Å². The van der Waals surface area contributed by atoms with E-state index in [4.69, 9.17) is 4.74 Å². The second-order valence-corrected chi connectivity index (χ2v) is 5.39. The van der Waals surface area contributed by atoms with Gasteiger partial charge in [0, 0.05) is 26.2 Å². The minimum absolute atomic E-state index is 0.0168. The summed E-state index contributed by atoms with van der Waals surface area (Å²) in [5.74, 6) is 0.575. The van der Waals surface area contributed by atoms with Crippen molar-refractivity contribution in [1.82, 2.24) is 9.80 Å². The Labute approximate surface area is 131 Å². The number of ether oxygens (including phenoxy) is 1. The number of carbonyl (C=O) groups is 2. The van der Waals surface area contributed by atoms with Crippen LogP contribution in [0.15, 0.2) is 30.3 Å². The fourth-order valence-corrected chi connectivity index (χ4v) is 2.39. The van der Waals surface area contributed by atoms with Gasteiger partial charge in [0.25, 0.3) is 0 Å². The first kappa shape index (κ1) is 16.1. The Bertz CT molecular complexity index is 563. The highest BCUT2D eigenvalue weighted by atomic mass is 16.5. The summed E-state index contributed by atoms with van der Waals surface area (Å²) in [7, 11) is 3.25. The number of likely N-dealkylation sites (N-methyl/N-ethyl adjacent to an activating group) is 1. The zero-order chi connectivity index (χ0) is 15.9. The summed E-state index contributed by atoms with van der Waals surface area (Å²) in [5.41, 5.74) is 0.881. The Morgan fingerprint density at radius 2 is 2.05 bits per heavy atom. The first-order valence-corrected chi connectivity index (χ1v) is 7.45. The number of carbonyl (C=O) groups excluding carboxylic acids is 2. The Morgan fingerprint density at radius 1 is 1.32 bits per heavy atom. The van der Waals surface area contributed by atoms with Gasteiger partial charge < -0.3 is 14.5 Å². The number of rotatable bonds is 5. The first-order valence-electron chi connectivity index (χ1n) is 7.45. The van der Waals surface area contributed by atoms with E-state index >= 15 is 0 Å². The Kier molecular flexibility index (Phi) is 5.58.